The van der Waals surface area contributed by atoms with Gasteiger partial charge in [-0.3, -0.25) is 0 Å². The van der Waals surface area contributed by atoms with E-state index in [1.165, 1.54) is 17.9 Å². The minimum atomic E-state index is -0.251. The molecule has 6 heteroatoms. The third kappa shape index (κ3) is 5.12. The van der Waals surface area contributed by atoms with Gasteiger partial charge in [-0.25, -0.2) is 4.79 Å². The van der Waals surface area contributed by atoms with Crippen LogP contribution in [0.15, 0.2) is 30.3 Å². The van der Waals surface area contributed by atoms with Crippen molar-refractivity contribution in [3.05, 3.63) is 35.9 Å². The van der Waals surface area contributed by atoms with Crippen LogP contribution in [0.5, 0.6) is 0 Å². The molecular formula is C17H24N2O3S. The van der Waals surface area contributed by atoms with Gasteiger partial charge in [0.25, 0.3) is 0 Å². The number of morpholine rings is 1. The standard InChI is InChI=1S/C17H24N2O3S/c20-17(22-12-14-4-2-1-3-5-14)19-7-8-21-16(11-19)10-18-15-6-9-23-13-15/h1-5,15-16,18H,6-13H2. The summed E-state index contributed by atoms with van der Waals surface area (Å²) in [5.41, 5.74) is 1.01. The van der Waals surface area contributed by atoms with Gasteiger partial charge in [-0.1, -0.05) is 30.3 Å². The zero-order chi connectivity index (χ0) is 15.9. The average molecular weight is 336 g/mol. The number of benzene rings is 1. The molecule has 5 nitrogen and oxygen atoms in total. The van der Waals surface area contributed by atoms with Crippen LogP contribution in [0.3, 0.4) is 0 Å². The van der Waals surface area contributed by atoms with Crippen LogP contribution in [0.2, 0.25) is 0 Å². The summed E-state index contributed by atoms with van der Waals surface area (Å²) >= 11 is 1.99. The maximum Gasteiger partial charge on any atom is 0.410 e. The van der Waals surface area contributed by atoms with Crippen LogP contribution in [0.4, 0.5) is 4.79 Å². The van der Waals surface area contributed by atoms with E-state index >= 15 is 0 Å². The Kier molecular flexibility index (Phi) is 6.19. The molecule has 1 aromatic rings. The molecule has 0 spiro atoms. The van der Waals surface area contributed by atoms with Crippen molar-refractivity contribution in [2.75, 3.05) is 37.7 Å². The van der Waals surface area contributed by atoms with Crippen LogP contribution in [0, 0.1) is 0 Å². The first kappa shape index (κ1) is 16.6. The Balaban J connectivity index is 1.41. The zero-order valence-electron chi connectivity index (χ0n) is 13.3. The SMILES string of the molecule is O=C(OCc1ccccc1)N1CCOC(CNC2CCSC2)C1. The predicted molar refractivity (Wildman–Crippen MR) is 91.7 cm³/mol. The Morgan fingerprint density at radius 1 is 1.39 bits per heavy atom. The molecule has 2 saturated heterocycles. The number of nitrogens with one attached hydrogen (secondary N) is 1. The second-order valence-corrected chi connectivity index (χ2v) is 7.10. The first-order valence-corrected chi connectivity index (χ1v) is 9.35. The second-order valence-electron chi connectivity index (χ2n) is 5.95. The third-order valence-corrected chi connectivity index (χ3v) is 5.33. The number of rotatable bonds is 5. The molecule has 1 amide bonds. The van der Waals surface area contributed by atoms with Crippen molar-refractivity contribution in [2.45, 2.75) is 25.2 Å². The molecule has 2 fully saturated rings. The lowest BCUT2D eigenvalue weighted by molar-refractivity contribution is -0.0277. The van der Waals surface area contributed by atoms with Crippen LogP contribution >= 0.6 is 11.8 Å². The fourth-order valence-electron chi connectivity index (χ4n) is 2.81. The molecule has 0 saturated carbocycles. The largest absolute Gasteiger partial charge is 0.445 e. The molecule has 0 radical (unpaired) electrons. The van der Waals surface area contributed by atoms with Crippen LogP contribution in [0.25, 0.3) is 0 Å². The van der Waals surface area contributed by atoms with Gasteiger partial charge >= 0.3 is 6.09 Å². The molecule has 2 unspecified atom stereocenters. The minimum absolute atomic E-state index is 0.0543. The van der Waals surface area contributed by atoms with Crippen molar-refractivity contribution in [1.29, 1.82) is 0 Å². The molecule has 3 rings (SSSR count). The molecule has 2 aliphatic rings. The van der Waals surface area contributed by atoms with Crippen molar-refractivity contribution < 1.29 is 14.3 Å². The molecule has 2 heterocycles. The highest BCUT2D eigenvalue weighted by Gasteiger charge is 2.26. The third-order valence-electron chi connectivity index (χ3n) is 4.17. The van der Waals surface area contributed by atoms with Gasteiger partial charge in [-0.2, -0.15) is 11.8 Å². The van der Waals surface area contributed by atoms with Crippen LogP contribution in [0.1, 0.15) is 12.0 Å². The Bertz CT molecular complexity index is 494. The molecule has 0 aliphatic carbocycles. The molecule has 2 aliphatic heterocycles. The number of ether oxygens (including phenoxy) is 2. The van der Waals surface area contributed by atoms with Crippen molar-refractivity contribution in [1.82, 2.24) is 10.2 Å². The fraction of sp³-hybridized carbons (Fsp3) is 0.588. The number of carbonyl (C=O) groups is 1. The number of nitrogens with zero attached hydrogens (tertiary/aromatic N) is 1. The molecule has 0 aromatic heterocycles. The van der Waals surface area contributed by atoms with Crippen LogP contribution in [-0.4, -0.2) is 60.9 Å². The molecule has 1 aromatic carbocycles. The van der Waals surface area contributed by atoms with Crippen molar-refractivity contribution in [3.8, 4) is 0 Å². The summed E-state index contributed by atoms with van der Waals surface area (Å²) in [5, 5.41) is 3.54. The van der Waals surface area contributed by atoms with Crippen molar-refractivity contribution in [3.63, 3.8) is 0 Å². The van der Waals surface area contributed by atoms with Crippen molar-refractivity contribution >= 4 is 17.9 Å². The number of hydrogen-bond acceptors (Lipinski definition) is 5. The van der Waals surface area contributed by atoms with E-state index < -0.39 is 0 Å². The Hall–Kier alpha value is -1.24. The monoisotopic (exact) mass is 336 g/mol. The summed E-state index contributed by atoms with van der Waals surface area (Å²) in [6, 6.07) is 10.3. The van der Waals surface area contributed by atoms with Gasteiger partial charge in [0.15, 0.2) is 0 Å². The smallest absolute Gasteiger partial charge is 0.410 e. The highest BCUT2D eigenvalue weighted by atomic mass is 32.2. The number of hydrogen-bond donors (Lipinski definition) is 1. The lowest BCUT2D eigenvalue weighted by atomic mass is 10.2. The first-order valence-electron chi connectivity index (χ1n) is 8.19. The normalized spacial score (nSPS) is 24.6. The van der Waals surface area contributed by atoms with Crippen LogP contribution < -0.4 is 5.32 Å². The Morgan fingerprint density at radius 3 is 3.04 bits per heavy atom. The van der Waals surface area contributed by atoms with E-state index in [4.69, 9.17) is 9.47 Å². The lowest BCUT2D eigenvalue weighted by Crippen LogP contribution is -2.50. The van der Waals surface area contributed by atoms with E-state index in [0.717, 1.165) is 12.1 Å². The minimum Gasteiger partial charge on any atom is -0.445 e. The van der Waals surface area contributed by atoms with Gasteiger partial charge in [0.05, 0.1) is 19.3 Å². The van der Waals surface area contributed by atoms with Gasteiger partial charge in [-0.05, 0) is 17.7 Å². The lowest BCUT2D eigenvalue weighted by Gasteiger charge is -2.33. The highest BCUT2D eigenvalue weighted by molar-refractivity contribution is 7.99. The van der Waals surface area contributed by atoms with Gasteiger partial charge in [0.1, 0.15) is 6.61 Å². The van der Waals surface area contributed by atoms with E-state index in [1.54, 1.807) is 4.90 Å². The van der Waals surface area contributed by atoms with Gasteiger partial charge < -0.3 is 19.7 Å². The predicted octanol–water partition coefficient (Wildman–Crippen LogP) is 2.12. The molecule has 1 N–H and O–H groups in total. The maximum absolute atomic E-state index is 12.2. The van der Waals surface area contributed by atoms with Gasteiger partial charge in [0, 0.05) is 24.9 Å². The van der Waals surface area contributed by atoms with E-state index in [9.17, 15) is 4.79 Å². The topological polar surface area (TPSA) is 50.8 Å². The number of amides is 1. The fourth-order valence-corrected chi connectivity index (χ4v) is 4.00. The molecule has 2 atom stereocenters. The summed E-state index contributed by atoms with van der Waals surface area (Å²) < 4.78 is 11.2. The van der Waals surface area contributed by atoms with Crippen LogP contribution in [-0.2, 0) is 16.1 Å². The second kappa shape index (κ2) is 8.57. The molecule has 0 bridgehead atoms. The quantitative estimate of drug-likeness (QED) is 0.893. The summed E-state index contributed by atoms with van der Waals surface area (Å²) in [6.07, 6.45) is 1.03. The number of thioether (sulfide) groups is 1. The molecule has 23 heavy (non-hydrogen) atoms. The summed E-state index contributed by atoms with van der Waals surface area (Å²) in [5.74, 6) is 2.41. The first-order chi connectivity index (χ1) is 11.3. The summed E-state index contributed by atoms with van der Waals surface area (Å²) in [6.45, 7) is 2.89. The molecule has 126 valence electrons. The zero-order valence-corrected chi connectivity index (χ0v) is 14.1. The van der Waals surface area contributed by atoms with E-state index in [1.807, 2.05) is 42.1 Å². The maximum atomic E-state index is 12.2. The number of carbonyl (C=O) groups excluding carboxylic acids is 1. The average Bonchev–Trinajstić information content (AvgIpc) is 3.12. The van der Waals surface area contributed by atoms with Gasteiger partial charge in [-0.15, -0.1) is 0 Å². The summed E-state index contributed by atoms with van der Waals surface area (Å²) in [4.78, 5) is 14.0. The van der Waals surface area contributed by atoms with E-state index in [0.29, 0.717) is 32.3 Å². The Labute approximate surface area is 141 Å². The Morgan fingerprint density at radius 2 is 2.26 bits per heavy atom. The highest BCUT2D eigenvalue weighted by Crippen LogP contribution is 2.17. The molecular weight excluding hydrogens is 312 g/mol. The van der Waals surface area contributed by atoms with E-state index in [2.05, 4.69) is 5.32 Å². The summed E-state index contributed by atoms with van der Waals surface area (Å²) in [7, 11) is 0. The van der Waals surface area contributed by atoms with E-state index in [-0.39, 0.29) is 12.2 Å². The van der Waals surface area contributed by atoms with Gasteiger partial charge in [0.2, 0.25) is 0 Å². The van der Waals surface area contributed by atoms with Crippen molar-refractivity contribution in [2.24, 2.45) is 0 Å².